The molecule has 0 bridgehead atoms. The Morgan fingerprint density at radius 2 is 1.41 bits per heavy atom. The van der Waals surface area contributed by atoms with Crippen LogP contribution in [0.3, 0.4) is 0 Å². The van der Waals surface area contributed by atoms with E-state index < -0.39 is 0 Å². The molecule has 0 aromatic heterocycles. The number of rotatable bonds is 11. The average molecular weight is 613 g/mol. The number of anilines is 2. The van der Waals surface area contributed by atoms with Gasteiger partial charge in [-0.1, -0.05) is 66.7 Å². The van der Waals surface area contributed by atoms with E-state index in [0.717, 1.165) is 44.5 Å². The van der Waals surface area contributed by atoms with Crippen LogP contribution in [0.4, 0.5) is 16.2 Å². The molecule has 8 heteroatoms. The van der Waals surface area contributed by atoms with Crippen molar-refractivity contribution in [1.82, 2.24) is 0 Å². The summed E-state index contributed by atoms with van der Waals surface area (Å²) in [7, 11) is 3.13. The second-order valence-electron chi connectivity index (χ2n) is 10.5. The number of carbonyl (C=O) groups excluding carboxylic acids is 2. The number of urea groups is 1. The van der Waals surface area contributed by atoms with E-state index in [1.807, 2.05) is 91.0 Å². The molecule has 46 heavy (non-hydrogen) atoms. The highest BCUT2D eigenvalue weighted by Gasteiger charge is 2.22. The molecule has 0 aliphatic rings. The van der Waals surface area contributed by atoms with E-state index in [1.165, 1.54) is 0 Å². The molecule has 8 nitrogen and oxygen atoms in total. The molecule has 0 aliphatic carbocycles. The molecule has 0 spiro atoms. The fourth-order valence-electron chi connectivity index (χ4n) is 5.46. The molecule has 0 saturated carbocycles. The van der Waals surface area contributed by atoms with Crippen molar-refractivity contribution >= 4 is 45.2 Å². The summed E-state index contributed by atoms with van der Waals surface area (Å²) in [6, 6.07) is 35.9. The molecule has 0 heterocycles. The molecule has 230 valence electrons. The van der Waals surface area contributed by atoms with E-state index in [1.54, 1.807) is 38.5 Å². The van der Waals surface area contributed by atoms with Gasteiger partial charge in [0.15, 0.2) is 13.1 Å². The lowest BCUT2D eigenvalue weighted by atomic mass is 9.90. The van der Waals surface area contributed by atoms with E-state index in [2.05, 4.69) is 10.6 Å². The molecular weight excluding hydrogens is 580 g/mol. The molecular formula is C38H32N2O6. The molecule has 0 aliphatic heterocycles. The Balaban J connectivity index is 1.34. The Morgan fingerprint density at radius 3 is 2.15 bits per heavy atom. The van der Waals surface area contributed by atoms with Crippen LogP contribution < -0.4 is 24.8 Å². The van der Waals surface area contributed by atoms with Crippen LogP contribution in [0.1, 0.15) is 15.9 Å². The van der Waals surface area contributed by atoms with Crippen molar-refractivity contribution in [2.45, 2.75) is 6.61 Å². The molecule has 0 radical (unpaired) electrons. The number of nitrogens with one attached hydrogen (secondary N) is 2. The summed E-state index contributed by atoms with van der Waals surface area (Å²) in [4.78, 5) is 25.0. The number of aldehydes is 1. The SMILES string of the molecule is COCOc1c(C=O)cc2ccccc2c1-c1c(OCc2cccc(NC(=O)Nc3ccc(OC)cc3)c2)ccc2ccccc12. The first-order valence-corrected chi connectivity index (χ1v) is 14.7. The van der Waals surface area contributed by atoms with Crippen molar-refractivity contribution in [3.05, 3.63) is 126 Å². The summed E-state index contributed by atoms with van der Waals surface area (Å²) in [6.07, 6.45) is 0.801. The highest BCUT2D eigenvalue weighted by atomic mass is 16.7. The third kappa shape index (κ3) is 6.47. The lowest BCUT2D eigenvalue weighted by Crippen LogP contribution is -2.19. The van der Waals surface area contributed by atoms with Crippen molar-refractivity contribution in [2.75, 3.05) is 31.6 Å². The van der Waals surface area contributed by atoms with Crippen LogP contribution in [0, 0.1) is 0 Å². The number of benzene rings is 6. The van der Waals surface area contributed by atoms with E-state index in [9.17, 15) is 9.59 Å². The second-order valence-corrected chi connectivity index (χ2v) is 10.5. The van der Waals surface area contributed by atoms with Crippen molar-refractivity contribution in [3.8, 4) is 28.4 Å². The molecule has 0 unspecified atom stereocenters. The number of carbonyl (C=O) groups is 2. The zero-order chi connectivity index (χ0) is 31.9. The van der Waals surface area contributed by atoms with E-state index in [-0.39, 0.29) is 19.4 Å². The molecule has 6 aromatic carbocycles. The molecule has 0 atom stereocenters. The summed E-state index contributed by atoms with van der Waals surface area (Å²) in [5, 5.41) is 9.47. The van der Waals surface area contributed by atoms with Crippen LogP contribution in [0.25, 0.3) is 32.7 Å². The standard InChI is InChI=1S/C38H32N2O6/c1-43-24-46-37-28(22-41)21-27-10-4-6-13-33(27)36(37)35-32-12-5-3-9-26(32)14-19-34(35)45-23-25-8-7-11-30(20-25)40-38(42)39-29-15-17-31(44-2)18-16-29/h3-22H,23-24H2,1-2H3,(H2,39,40,42). The molecule has 6 aromatic rings. The summed E-state index contributed by atoms with van der Waals surface area (Å²) < 4.78 is 23.0. The maximum absolute atomic E-state index is 12.7. The lowest BCUT2D eigenvalue weighted by Gasteiger charge is -2.21. The Bertz CT molecular complexity index is 2020. The van der Waals surface area contributed by atoms with Gasteiger partial charge in [-0.2, -0.15) is 0 Å². The zero-order valence-electron chi connectivity index (χ0n) is 25.4. The summed E-state index contributed by atoms with van der Waals surface area (Å²) in [5.74, 6) is 1.74. The predicted octanol–water partition coefficient (Wildman–Crippen LogP) is 8.69. The lowest BCUT2D eigenvalue weighted by molar-refractivity contribution is 0.0510. The number of ether oxygens (including phenoxy) is 4. The van der Waals surface area contributed by atoms with Gasteiger partial charge < -0.3 is 29.6 Å². The maximum Gasteiger partial charge on any atom is 0.323 e. The van der Waals surface area contributed by atoms with Gasteiger partial charge in [-0.05, 0) is 75.6 Å². The number of hydrogen-bond donors (Lipinski definition) is 2. The predicted molar refractivity (Wildman–Crippen MR) is 181 cm³/mol. The minimum absolute atomic E-state index is 0.0288. The first kappa shape index (κ1) is 30.2. The summed E-state index contributed by atoms with van der Waals surface area (Å²) >= 11 is 0. The van der Waals surface area contributed by atoms with Gasteiger partial charge in [0.25, 0.3) is 0 Å². The molecule has 0 fully saturated rings. The third-order valence-electron chi connectivity index (χ3n) is 7.55. The molecule has 2 amide bonds. The number of fused-ring (bicyclic) bond motifs is 2. The largest absolute Gasteiger partial charge is 0.497 e. The Kier molecular flexibility index (Phi) is 9.08. The Morgan fingerprint density at radius 1 is 0.696 bits per heavy atom. The van der Waals surface area contributed by atoms with Crippen LogP contribution in [-0.4, -0.2) is 33.3 Å². The van der Waals surface area contributed by atoms with Crippen molar-refractivity contribution in [3.63, 3.8) is 0 Å². The normalized spacial score (nSPS) is 10.8. The van der Waals surface area contributed by atoms with Gasteiger partial charge in [0.2, 0.25) is 0 Å². The number of hydrogen-bond acceptors (Lipinski definition) is 6. The summed E-state index contributed by atoms with van der Waals surface area (Å²) in [5.41, 5.74) is 4.07. The van der Waals surface area contributed by atoms with Gasteiger partial charge in [0.1, 0.15) is 23.9 Å². The van der Waals surface area contributed by atoms with Gasteiger partial charge in [0, 0.05) is 29.6 Å². The first-order valence-electron chi connectivity index (χ1n) is 14.7. The van der Waals surface area contributed by atoms with Crippen molar-refractivity contribution in [2.24, 2.45) is 0 Å². The van der Waals surface area contributed by atoms with Gasteiger partial charge >= 0.3 is 6.03 Å². The number of amides is 2. The van der Waals surface area contributed by atoms with E-state index in [0.29, 0.717) is 34.2 Å². The van der Waals surface area contributed by atoms with E-state index in [4.69, 9.17) is 18.9 Å². The van der Waals surface area contributed by atoms with Crippen LogP contribution in [0.5, 0.6) is 17.2 Å². The van der Waals surface area contributed by atoms with Gasteiger partial charge in [-0.15, -0.1) is 0 Å². The highest BCUT2D eigenvalue weighted by molar-refractivity contribution is 6.12. The topological polar surface area (TPSA) is 95.1 Å². The number of methoxy groups -OCH3 is 2. The third-order valence-corrected chi connectivity index (χ3v) is 7.55. The zero-order valence-corrected chi connectivity index (χ0v) is 25.4. The van der Waals surface area contributed by atoms with Gasteiger partial charge in [0.05, 0.1) is 12.7 Å². The van der Waals surface area contributed by atoms with Crippen LogP contribution in [0.15, 0.2) is 115 Å². The maximum atomic E-state index is 12.7. The first-order chi connectivity index (χ1) is 22.6. The minimum Gasteiger partial charge on any atom is -0.497 e. The monoisotopic (exact) mass is 612 g/mol. The summed E-state index contributed by atoms with van der Waals surface area (Å²) in [6.45, 7) is 0.194. The van der Waals surface area contributed by atoms with E-state index >= 15 is 0 Å². The average Bonchev–Trinajstić information content (AvgIpc) is 3.09. The van der Waals surface area contributed by atoms with Crippen molar-refractivity contribution in [1.29, 1.82) is 0 Å². The van der Waals surface area contributed by atoms with Crippen molar-refractivity contribution < 1.29 is 28.5 Å². The smallest absolute Gasteiger partial charge is 0.323 e. The Labute approximate surface area is 266 Å². The highest BCUT2D eigenvalue weighted by Crippen LogP contribution is 2.47. The van der Waals surface area contributed by atoms with Crippen LogP contribution >= 0.6 is 0 Å². The fourth-order valence-corrected chi connectivity index (χ4v) is 5.46. The van der Waals surface area contributed by atoms with Gasteiger partial charge in [-0.3, -0.25) is 4.79 Å². The van der Waals surface area contributed by atoms with Gasteiger partial charge in [-0.25, -0.2) is 4.79 Å². The molecule has 2 N–H and O–H groups in total. The molecule has 0 saturated heterocycles. The minimum atomic E-state index is -0.370. The fraction of sp³-hybridized carbons (Fsp3) is 0.105. The molecule has 6 rings (SSSR count). The Hall–Kier alpha value is -5.86. The van der Waals surface area contributed by atoms with Crippen LogP contribution in [-0.2, 0) is 11.3 Å². The van der Waals surface area contributed by atoms with Crippen LogP contribution in [0.2, 0.25) is 0 Å². The second kappa shape index (κ2) is 13.8. The quantitative estimate of drug-likeness (QED) is 0.112.